The van der Waals surface area contributed by atoms with Crippen LogP contribution in [0.2, 0.25) is 18.1 Å². The van der Waals surface area contributed by atoms with Gasteiger partial charge in [0.2, 0.25) is 0 Å². The third-order valence-electron chi connectivity index (χ3n) is 3.96. The molecule has 0 radical (unpaired) electrons. The van der Waals surface area contributed by atoms with E-state index in [1.165, 1.54) is 6.08 Å². The number of hydrogen-bond acceptors (Lipinski definition) is 5. The Morgan fingerprint density at radius 2 is 1.91 bits per heavy atom. The number of aromatic nitrogens is 2. The summed E-state index contributed by atoms with van der Waals surface area (Å²) in [7, 11) is -1.89. The molecule has 0 aliphatic heterocycles. The maximum atomic E-state index is 11.2. The molecule has 0 saturated heterocycles. The lowest BCUT2D eigenvalue weighted by molar-refractivity contribution is -0.426. The molecule has 7 heteroatoms. The van der Waals surface area contributed by atoms with E-state index < -0.39 is 13.2 Å². The second kappa shape index (κ2) is 7.10. The molecule has 1 heterocycles. The summed E-state index contributed by atoms with van der Waals surface area (Å²) in [6.07, 6.45) is 4.94. The quantitative estimate of drug-likeness (QED) is 0.452. The second-order valence-corrected chi connectivity index (χ2v) is 11.7. The van der Waals surface area contributed by atoms with Gasteiger partial charge in [-0.2, -0.15) is 0 Å². The summed E-state index contributed by atoms with van der Waals surface area (Å²) in [4.78, 5) is 18.9. The Labute approximate surface area is 132 Å². The normalized spacial score (nSPS) is 13.3. The molecular formula is C15H25N3O3Si. The fourth-order valence-electron chi connectivity index (χ4n) is 1.47. The number of aryl methyl sites for hydroxylation is 1. The zero-order valence-electron chi connectivity index (χ0n) is 14.2. The van der Waals surface area contributed by atoms with Crippen molar-refractivity contribution in [3.05, 3.63) is 39.6 Å². The zero-order chi connectivity index (χ0) is 17.0. The summed E-state index contributed by atoms with van der Waals surface area (Å²) in [5.41, 5.74) is 0.989. The number of nitro groups is 1. The van der Waals surface area contributed by atoms with Crippen molar-refractivity contribution in [2.24, 2.45) is 0 Å². The molecule has 0 aromatic carbocycles. The van der Waals surface area contributed by atoms with Gasteiger partial charge >= 0.3 is 0 Å². The fraction of sp³-hybridized carbons (Fsp3) is 0.600. The monoisotopic (exact) mass is 323 g/mol. The third kappa shape index (κ3) is 5.30. The van der Waals surface area contributed by atoms with E-state index in [9.17, 15) is 10.1 Å². The highest BCUT2D eigenvalue weighted by molar-refractivity contribution is 6.74. The first-order valence-corrected chi connectivity index (χ1v) is 10.2. The van der Waals surface area contributed by atoms with Crippen LogP contribution in [0.3, 0.4) is 0 Å². The van der Waals surface area contributed by atoms with Crippen molar-refractivity contribution in [1.82, 2.24) is 9.97 Å². The molecule has 0 unspecified atom stereocenters. The second-order valence-electron chi connectivity index (χ2n) is 6.87. The van der Waals surface area contributed by atoms with E-state index in [1.807, 2.05) is 6.92 Å². The minimum Gasteiger partial charge on any atom is -0.416 e. The van der Waals surface area contributed by atoms with Crippen molar-refractivity contribution in [1.29, 1.82) is 0 Å². The van der Waals surface area contributed by atoms with Crippen LogP contribution in [0.5, 0.6) is 0 Å². The van der Waals surface area contributed by atoms with Crippen molar-refractivity contribution in [2.45, 2.75) is 52.2 Å². The number of nitrogens with zero attached hydrogens (tertiary/aromatic N) is 3. The molecule has 0 amide bonds. The van der Waals surface area contributed by atoms with Crippen LogP contribution in [0.25, 0.3) is 6.08 Å². The molecule has 0 aliphatic carbocycles. The molecule has 1 rings (SSSR count). The van der Waals surface area contributed by atoms with Crippen molar-refractivity contribution in [3.8, 4) is 0 Å². The first-order chi connectivity index (χ1) is 10.0. The predicted molar refractivity (Wildman–Crippen MR) is 89.5 cm³/mol. The molecule has 0 atom stereocenters. The van der Waals surface area contributed by atoms with Gasteiger partial charge in [0, 0.05) is 19.0 Å². The maximum absolute atomic E-state index is 11.2. The highest BCUT2D eigenvalue weighted by atomic mass is 28.4. The van der Waals surface area contributed by atoms with Crippen LogP contribution in [0.15, 0.2) is 18.1 Å². The zero-order valence-corrected chi connectivity index (χ0v) is 15.2. The first kappa shape index (κ1) is 18.4. The van der Waals surface area contributed by atoms with Gasteiger partial charge in [-0.25, -0.2) is 9.97 Å². The molecule has 0 spiro atoms. The van der Waals surface area contributed by atoms with Crippen molar-refractivity contribution < 1.29 is 9.35 Å². The summed E-state index contributed by atoms with van der Waals surface area (Å²) in [6.45, 7) is 12.9. The lowest BCUT2D eigenvalue weighted by Gasteiger charge is -2.36. The molecule has 0 bridgehead atoms. The van der Waals surface area contributed by atoms with Crippen molar-refractivity contribution >= 4 is 14.4 Å². The lowest BCUT2D eigenvalue weighted by atomic mass is 10.2. The summed E-state index contributed by atoms with van der Waals surface area (Å²) in [5, 5.41) is 11.2. The Bertz CT molecular complexity index is 548. The smallest absolute Gasteiger partial charge is 0.252 e. The van der Waals surface area contributed by atoms with Gasteiger partial charge < -0.3 is 4.43 Å². The van der Waals surface area contributed by atoms with E-state index in [0.717, 1.165) is 5.56 Å². The summed E-state index contributed by atoms with van der Waals surface area (Å²) in [5.74, 6) is 0.352. The average molecular weight is 323 g/mol. The molecule has 1 aromatic rings. The minimum absolute atomic E-state index is 0.0718. The fourth-order valence-corrected chi connectivity index (χ4v) is 2.51. The molecule has 1 aromatic heterocycles. The van der Waals surface area contributed by atoms with Crippen LogP contribution in [0.1, 0.15) is 38.6 Å². The van der Waals surface area contributed by atoms with E-state index in [-0.39, 0.29) is 17.2 Å². The van der Waals surface area contributed by atoms with E-state index in [1.54, 1.807) is 12.4 Å². The first-order valence-electron chi connectivity index (χ1n) is 7.30. The standard InChI is InChI=1S/C15H25N3O3Si/c1-12-10-16-14(17-11-12)9-13(18(19)20)7-8-21-22(5,6)15(2,3)4/h9-11H,7-8H2,1-6H3. The Kier molecular flexibility index (Phi) is 5.96. The lowest BCUT2D eigenvalue weighted by Crippen LogP contribution is -2.41. The van der Waals surface area contributed by atoms with Crippen LogP contribution in [-0.2, 0) is 4.43 Å². The Balaban J connectivity index is 2.74. The maximum Gasteiger partial charge on any atom is 0.252 e. The molecular weight excluding hydrogens is 298 g/mol. The topological polar surface area (TPSA) is 78.2 Å². The highest BCUT2D eigenvalue weighted by Gasteiger charge is 2.37. The Morgan fingerprint density at radius 1 is 1.36 bits per heavy atom. The van der Waals surface area contributed by atoms with Gasteiger partial charge in [-0.1, -0.05) is 20.8 Å². The van der Waals surface area contributed by atoms with Gasteiger partial charge in [0.05, 0.1) is 17.4 Å². The van der Waals surface area contributed by atoms with Crippen LogP contribution >= 0.6 is 0 Å². The molecule has 122 valence electrons. The summed E-state index contributed by atoms with van der Waals surface area (Å²) in [6, 6.07) is 0. The number of rotatable bonds is 6. The predicted octanol–water partition coefficient (Wildman–Crippen LogP) is 3.81. The molecule has 0 N–H and O–H groups in total. The molecule has 0 fully saturated rings. The molecule has 6 nitrogen and oxygen atoms in total. The van der Waals surface area contributed by atoms with E-state index in [2.05, 4.69) is 43.8 Å². The minimum atomic E-state index is -1.89. The third-order valence-corrected chi connectivity index (χ3v) is 8.50. The average Bonchev–Trinajstić information content (AvgIpc) is 2.38. The summed E-state index contributed by atoms with van der Waals surface area (Å²) < 4.78 is 5.98. The van der Waals surface area contributed by atoms with Crippen molar-refractivity contribution in [2.75, 3.05) is 6.61 Å². The van der Waals surface area contributed by atoms with Crippen LogP contribution in [0.4, 0.5) is 0 Å². The van der Waals surface area contributed by atoms with Gasteiger partial charge in [-0.05, 0) is 30.6 Å². The van der Waals surface area contributed by atoms with Crippen LogP contribution < -0.4 is 0 Å². The van der Waals surface area contributed by atoms with E-state index in [0.29, 0.717) is 12.4 Å². The SMILES string of the molecule is Cc1cnc(C=C(CCO[Si](C)(C)C(C)(C)C)[N+](=O)[O-])nc1. The van der Waals surface area contributed by atoms with Gasteiger partial charge in [-0.15, -0.1) is 0 Å². The van der Waals surface area contributed by atoms with Crippen molar-refractivity contribution in [3.63, 3.8) is 0 Å². The number of hydrogen-bond donors (Lipinski definition) is 0. The largest absolute Gasteiger partial charge is 0.416 e. The van der Waals surface area contributed by atoms with Gasteiger partial charge in [0.25, 0.3) is 5.70 Å². The van der Waals surface area contributed by atoms with E-state index >= 15 is 0 Å². The van der Waals surface area contributed by atoms with Crippen LogP contribution in [0, 0.1) is 17.0 Å². The van der Waals surface area contributed by atoms with Crippen LogP contribution in [-0.4, -0.2) is 29.8 Å². The van der Waals surface area contributed by atoms with Gasteiger partial charge in [0.15, 0.2) is 14.1 Å². The molecule has 0 aliphatic rings. The molecule has 22 heavy (non-hydrogen) atoms. The molecule has 0 saturated carbocycles. The summed E-state index contributed by atoms with van der Waals surface area (Å²) >= 11 is 0. The van der Waals surface area contributed by atoms with Gasteiger partial charge in [0.1, 0.15) is 0 Å². The van der Waals surface area contributed by atoms with E-state index in [4.69, 9.17) is 4.43 Å². The highest BCUT2D eigenvalue weighted by Crippen LogP contribution is 2.36. The van der Waals surface area contributed by atoms with Gasteiger partial charge in [-0.3, -0.25) is 10.1 Å². The Morgan fingerprint density at radius 3 is 2.36 bits per heavy atom. The Hall–Kier alpha value is -1.60.